The van der Waals surface area contributed by atoms with Crippen molar-refractivity contribution in [1.82, 2.24) is 10.6 Å². The lowest BCUT2D eigenvalue weighted by molar-refractivity contribution is -0.143. The standard InChI is InChI=1S/C18H26N2O5/c1-5-24-16(22)11-14(13-9-7-6-8-10-13)20-15(21)12-19-17(23)25-18(2,3)4/h6-10,14H,5,11-12H2,1-4H3,(H,19,23)(H,20,21)/t14-/m1/s1. The second-order valence-electron chi connectivity index (χ2n) is 6.40. The summed E-state index contributed by atoms with van der Waals surface area (Å²) in [6, 6.07) is 8.57. The van der Waals surface area contributed by atoms with Gasteiger partial charge < -0.3 is 20.1 Å². The summed E-state index contributed by atoms with van der Waals surface area (Å²) in [6.45, 7) is 6.95. The molecule has 0 radical (unpaired) electrons. The minimum atomic E-state index is -0.677. The molecule has 1 aromatic carbocycles. The molecule has 0 bridgehead atoms. The molecule has 25 heavy (non-hydrogen) atoms. The van der Waals surface area contributed by atoms with Crippen LogP contribution in [-0.2, 0) is 19.1 Å². The normalized spacial score (nSPS) is 12.0. The fourth-order valence-corrected chi connectivity index (χ4v) is 2.04. The Morgan fingerprint density at radius 3 is 2.32 bits per heavy atom. The average molecular weight is 350 g/mol. The van der Waals surface area contributed by atoms with Crippen molar-refractivity contribution >= 4 is 18.0 Å². The Morgan fingerprint density at radius 2 is 1.76 bits per heavy atom. The lowest BCUT2D eigenvalue weighted by atomic mass is 10.0. The Bertz CT molecular complexity index is 581. The zero-order valence-corrected chi connectivity index (χ0v) is 15.1. The van der Waals surface area contributed by atoms with Gasteiger partial charge in [0, 0.05) is 0 Å². The molecule has 1 rings (SSSR count). The van der Waals surface area contributed by atoms with Gasteiger partial charge in [0.25, 0.3) is 0 Å². The zero-order chi connectivity index (χ0) is 18.9. The smallest absolute Gasteiger partial charge is 0.408 e. The van der Waals surface area contributed by atoms with Crippen LogP contribution in [0.2, 0.25) is 0 Å². The van der Waals surface area contributed by atoms with E-state index in [1.165, 1.54) is 0 Å². The number of hydrogen-bond acceptors (Lipinski definition) is 5. The summed E-state index contributed by atoms with van der Waals surface area (Å²) in [5.41, 5.74) is 0.137. The van der Waals surface area contributed by atoms with E-state index in [1.807, 2.05) is 30.3 Å². The third-order valence-corrected chi connectivity index (χ3v) is 3.01. The van der Waals surface area contributed by atoms with Gasteiger partial charge in [-0.1, -0.05) is 30.3 Å². The second kappa shape index (κ2) is 9.66. The van der Waals surface area contributed by atoms with Crippen LogP contribution < -0.4 is 10.6 Å². The fourth-order valence-electron chi connectivity index (χ4n) is 2.04. The minimum Gasteiger partial charge on any atom is -0.466 e. The van der Waals surface area contributed by atoms with Crippen molar-refractivity contribution in [1.29, 1.82) is 0 Å². The summed E-state index contributed by atoms with van der Waals surface area (Å²) in [5, 5.41) is 5.12. The molecule has 0 fully saturated rings. The molecular weight excluding hydrogens is 324 g/mol. The first-order valence-electron chi connectivity index (χ1n) is 8.18. The van der Waals surface area contributed by atoms with Crippen LogP contribution in [0.25, 0.3) is 0 Å². The molecular formula is C18H26N2O5. The Hall–Kier alpha value is -2.57. The molecule has 7 nitrogen and oxygen atoms in total. The maximum Gasteiger partial charge on any atom is 0.408 e. The van der Waals surface area contributed by atoms with Gasteiger partial charge in [-0.15, -0.1) is 0 Å². The van der Waals surface area contributed by atoms with E-state index < -0.39 is 29.6 Å². The molecule has 1 atom stereocenters. The molecule has 0 aromatic heterocycles. The number of benzene rings is 1. The zero-order valence-electron chi connectivity index (χ0n) is 15.1. The third-order valence-electron chi connectivity index (χ3n) is 3.01. The van der Waals surface area contributed by atoms with E-state index in [0.29, 0.717) is 0 Å². The molecule has 2 amide bonds. The lowest BCUT2D eigenvalue weighted by Gasteiger charge is -2.21. The highest BCUT2D eigenvalue weighted by Crippen LogP contribution is 2.17. The van der Waals surface area contributed by atoms with Gasteiger partial charge in [0.05, 0.1) is 19.1 Å². The van der Waals surface area contributed by atoms with Gasteiger partial charge in [-0.05, 0) is 33.3 Å². The first kappa shape index (κ1) is 20.5. The van der Waals surface area contributed by atoms with Gasteiger partial charge in [-0.3, -0.25) is 9.59 Å². The van der Waals surface area contributed by atoms with Gasteiger partial charge >= 0.3 is 12.1 Å². The van der Waals surface area contributed by atoms with Crippen molar-refractivity contribution in [2.24, 2.45) is 0 Å². The summed E-state index contributed by atoms with van der Waals surface area (Å²) in [6.07, 6.45) is -0.667. The predicted molar refractivity (Wildman–Crippen MR) is 92.8 cm³/mol. The molecule has 0 aliphatic carbocycles. The van der Waals surface area contributed by atoms with Gasteiger partial charge in [0.15, 0.2) is 0 Å². The summed E-state index contributed by atoms with van der Waals surface area (Å²) in [4.78, 5) is 35.5. The Balaban J connectivity index is 2.63. The van der Waals surface area contributed by atoms with E-state index in [4.69, 9.17) is 9.47 Å². The minimum absolute atomic E-state index is 0.00995. The van der Waals surface area contributed by atoms with E-state index in [0.717, 1.165) is 5.56 Å². The van der Waals surface area contributed by atoms with Crippen LogP contribution in [0.1, 0.15) is 45.7 Å². The second-order valence-corrected chi connectivity index (χ2v) is 6.40. The summed E-state index contributed by atoms with van der Waals surface area (Å²) >= 11 is 0. The molecule has 138 valence electrons. The number of amides is 2. The van der Waals surface area contributed by atoms with Crippen LogP contribution in [0, 0.1) is 0 Å². The van der Waals surface area contributed by atoms with Crippen LogP contribution in [0.3, 0.4) is 0 Å². The maximum absolute atomic E-state index is 12.1. The van der Waals surface area contributed by atoms with Crippen molar-refractivity contribution < 1.29 is 23.9 Å². The molecule has 0 saturated carbocycles. The van der Waals surface area contributed by atoms with Gasteiger partial charge in [-0.25, -0.2) is 4.79 Å². The largest absolute Gasteiger partial charge is 0.466 e. The summed E-state index contributed by atoms with van der Waals surface area (Å²) in [5.74, 6) is -0.833. The molecule has 0 aliphatic heterocycles. The van der Waals surface area contributed by atoms with Gasteiger partial charge in [0.1, 0.15) is 12.1 Å². The molecule has 0 spiro atoms. The molecule has 1 aromatic rings. The van der Waals surface area contributed by atoms with Crippen LogP contribution in [0.4, 0.5) is 4.79 Å². The van der Waals surface area contributed by atoms with Gasteiger partial charge in [-0.2, -0.15) is 0 Å². The number of hydrogen-bond donors (Lipinski definition) is 2. The van der Waals surface area contributed by atoms with E-state index in [-0.39, 0.29) is 19.6 Å². The van der Waals surface area contributed by atoms with Crippen molar-refractivity contribution in [3.8, 4) is 0 Å². The number of carbonyl (C=O) groups is 3. The highest BCUT2D eigenvalue weighted by molar-refractivity contribution is 5.83. The first-order chi connectivity index (χ1) is 11.7. The monoisotopic (exact) mass is 350 g/mol. The molecule has 2 N–H and O–H groups in total. The number of rotatable bonds is 7. The number of esters is 1. The molecule has 7 heteroatoms. The molecule has 0 saturated heterocycles. The van der Waals surface area contributed by atoms with E-state index in [1.54, 1.807) is 27.7 Å². The number of ether oxygens (including phenoxy) is 2. The number of nitrogens with one attached hydrogen (secondary N) is 2. The van der Waals surface area contributed by atoms with Crippen molar-refractivity contribution in [3.63, 3.8) is 0 Å². The quantitative estimate of drug-likeness (QED) is 0.736. The molecule has 0 aliphatic rings. The van der Waals surface area contributed by atoms with Crippen molar-refractivity contribution in [2.45, 2.75) is 45.8 Å². The van der Waals surface area contributed by atoms with E-state index in [2.05, 4.69) is 10.6 Å². The van der Waals surface area contributed by atoms with E-state index in [9.17, 15) is 14.4 Å². The number of alkyl carbamates (subject to hydrolysis) is 1. The summed E-state index contributed by atoms with van der Waals surface area (Å²) in [7, 11) is 0. The Labute approximate surface area is 148 Å². The summed E-state index contributed by atoms with van der Waals surface area (Å²) < 4.78 is 10.0. The Kier molecular flexibility index (Phi) is 7.91. The average Bonchev–Trinajstić information content (AvgIpc) is 2.52. The lowest BCUT2D eigenvalue weighted by Crippen LogP contribution is -2.41. The van der Waals surface area contributed by atoms with Crippen molar-refractivity contribution in [3.05, 3.63) is 35.9 Å². The maximum atomic E-state index is 12.1. The first-order valence-corrected chi connectivity index (χ1v) is 8.18. The topological polar surface area (TPSA) is 93.7 Å². The van der Waals surface area contributed by atoms with Crippen molar-refractivity contribution in [2.75, 3.05) is 13.2 Å². The highest BCUT2D eigenvalue weighted by Gasteiger charge is 2.20. The van der Waals surface area contributed by atoms with Crippen LogP contribution in [-0.4, -0.2) is 36.7 Å². The molecule has 0 unspecified atom stereocenters. The van der Waals surface area contributed by atoms with Crippen LogP contribution in [0.5, 0.6) is 0 Å². The van der Waals surface area contributed by atoms with E-state index >= 15 is 0 Å². The molecule has 0 heterocycles. The number of carbonyl (C=O) groups excluding carboxylic acids is 3. The Morgan fingerprint density at radius 1 is 1.12 bits per heavy atom. The predicted octanol–water partition coefficient (Wildman–Crippen LogP) is 2.32. The third kappa shape index (κ3) is 8.74. The highest BCUT2D eigenvalue weighted by atomic mass is 16.6. The van der Waals surface area contributed by atoms with Gasteiger partial charge in [0.2, 0.25) is 5.91 Å². The van der Waals surface area contributed by atoms with Crippen LogP contribution in [0.15, 0.2) is 30.3 Å². The van der Waals surface area contributed by atoms with Crippen LogP contribution >= 0.6 is 0 Å². The SMILES string of the molecule is CCOC(=O)C[C@@H](NC(=O)CNC(=O)OC(C)(C)C)c1ccccc1. The fraction of sp³-hybridized carbons (Fsp3) is 0.500.